The van der Waals surface area contributed by atoms with E-state index in [0.717, 1.165) is 10.7 Å². The van der Waals surface area contributed by atoms with Crippen LogP contribution in [0.2, 0.25) is 0 Å². The quantitative estimate of drug-likeness (QED) is 0.936. The SMILES string of the molecule is CC(C)(C)c1csc(CS(=O)c2ccccc2C(=O)O)n1. The van der Waals surface area contributed by atoms with Gasteiger partial charge in [-0.25, -0.2) is 9.78 Å². The molecule has 0 fully saturated rings. The van der Waals surface area contributed by atoms with Crippen molar-refractivity contribution in [1.29, 1.82) is 0 Å². The average Bonchev–Trinajstić information content (AvgIpc) is 2.87. The van der Waals surface area contributed by atoms with Crippen molar-refractivity contribution in [3.8, 4) is 0 Å². The molecule has 0 saturated heterocycles. The van der Waals surface area contributed by atoms with Crippen LogP contribution in [0.4, 0.5) is 0 Å². The highest BCUT2D eigenvalue weighted by Crippen LogP contribution is 2.25. The van der Waals surface area contributed by atoms with Gasteiger partial charge in [0.1, 0.15) is 5.01 Å². The lowest BCUT2D eigenvalue weighted by Gasteiger charge is -2.14. The van der Waals surface area contributed by atoms with E-state index in [1.807, 2.05) is 5.38 Å². The molecule has 0 spiro atoms. The monoisotopic (exact) mass is 323 g/mol. The van der Waals surface area contributed by atoms with Crippen molar-refractivity contribution < 1.29 is 14.1 Å². The third-order valence-electron chi connectivity index (χ3n) is 2.94. The van der Waals surface area contributed by atoms with Gasteiger partial charge < -0.3 is 5.11 Å². The molecular formula is C15H17NO3S2. The summed E-state index contributed by atoms with van der Waals surface area (Å²) in [6, 6.07) is 6.39. The van der Waals surface area contributed by atoms with Crippen LogP contribution in [0, 0.1) is 0 Å². The van der Waals surface area contributed by atoms with Gasteiger partial charge in [-0.3, -0.25) is 4.21 Å². The summed E-state index contributed by atoms with van der Waals surface area (Å²) in [6.45, 7) is 6.22. The standard InChI is InChI=1S/C15H17NO3S2/c1-15(2,3)12-8-20-13(16-12)9-21(19)11-7-5-4-6-10(11)14(17)18/h4-8H,9H2,1-3H3,(H,17,18). The molecule has 2 rings (SSSR count). The first-order valence-corrected chi connectivity index (χ1v) is 8.64. The Kier molecular flexibility index (Phi) is 4.58. The van der Waals surface area contributed by atoms with Crippen LogP contribution in [0.3, 0.4) is 0 Å². The zero-order valence-corrected chi connectivity index (χ0v) is 13.8. The molecule has 4 nitrogen and oxygen atoms in total. The zero-order valence-electron chi connectivity index (χ0n) is 12.1. The minimum atomic E-state index is -1.41. The molecule has 21 heavy (non-hydrogen) atoms. The number of carbonyl (C=O) groups is 1. The molecule has 0 aliphatic heterocycles. The first-order valence-electron chi connectivity index (χ1n) is 6.44. The maximum atomic E-state index is 12.4. The van der Waals surface area contributed by atoms with Crippen LogP contribution >= 0.6 is 11.3 Å². The van der Waals surface area contributed by atoms with Crippen LogP contribution in [0.5, 0.6) is 0 Å². The number of hydrogen-bond donors (Lipinski definition) is 1. The minimum absolute atomic E-state index is 0.0464. The smallest absolute Gasteiger partial charge is 0.336 e. The Balaban J connectivity index is 2.23. The average molecular weight is 323 g/mol. The largest absolute Gasteiger partial charge is 0.478 e. The summed E-state index contributed by atoms with van der Waals surface area (Å²) in [5.41, 5.74) is 1.00. The van der Waals surface area contributed by atoms with Gasteiger partial charge in [0.15, 0.2) is 0 Å². The van der Waals surface area contributed by atoms with E-state index in [9.17, 15) is 9.00 Å². The number of aromatic carboxylic acids is 1. The van der Waals surface area contributed by atoms with E-state index in [0.29, 0.717) is 4.90 Å². The fraction of sp³-hybridized carbons (Fsp3) is 0.333. The van der Waals surface area contributed by atoms with Crippen LogP contribution in [-0.4, -0.2) is 20.3 Å². The number of carboxylic acid groups (broad SMARTS) is 1. The molecule has 1 unspecified atom stereocenters. The Labute approximate surface area is 130 Å². The van der Waals surface area contributed by atoms with Crippen molar-refractivity contribution in [3.05, 3.63) is 45.9 Å². The van der Waals surface area contributed by atoms with E-state index in [1.54, 1.807) is 18.2 Å². The highest BCUT2D eigenvalue weighted by molar-refractivity contribution is 7.84. The highest BCUT2D eigenvalue weighted by Gasteiger charge is 2.20. The van der Waals surface area contributed by atoms with Crippen LogP contribution in [-0.2, 0) is 22.0 Å². The number of carboxylic acids is 1. The number of hydrogen-bond acceptors (Lipinski definition) is 4. The molecule has 0 bridgehead atoms. The second kappa shape index (κ2) is 6.07. The molecule has 1 aromatic heterocycles. The molecule has 2 aromatic rings. The second-order valence-electron chi connectivity index (χ2n) is 5.67. The number of thiazole rings is 1. The molecule has 112 valence electrons. The van der Waals surface area contributed by atoms with E-state index in [2.05, 4.69) is 25.8 Å². The third kappa shape index (κ3) is 3.77. The summed E-state index contributed by atoms with van der Waals surface area (Å²) in [5.74, 6) is -0.820. The summed E-state index contributed by atoms with van der Waals surface area (Å²) < 4.78 is 12.4. The van der Waals surface area contributed by atoms with Gasteiger partial charge in [-0.2, -0.15) is 0 Å². The fourth-order valence-corrected chi connectivity index (χ4v) is 4.23. The van der Waals surface area contributed by atoms with Gasteiger partial charge in [0, 0.05) is 10.8 Å². The first-order chi connectivity index (χ1) is 9.79. The maximum Gasteiger partial charge on any atom is 0.336 e. The van der Waals surface area contributed by atoms with Gasteiger partial charge in [0.05, 0.1) is 32.7 Å². The number of rotatable bonds is 4. The normalized spacial score (nSPS) is 13.1. The summed E-state index contributed by atoms with van der Waals surface area (Å²) in [7, 11) is -1.41. The predicted molar refractivity (Wildman–Crippen MR) is 84.3 cm³/mol. The molecule has 1 atom stereocenters. The van der Waals surface area contributed by atoms with E-state index in [4.69, 9.17) is 5.11 Å². The molecule has 1 N–H and O–H groups in total. The lowest BCUT2D eigenvalue weighted by Crippen LogP contribution is -2.12. The lowest BCUT2D eigenvalue weighted by molar-refractivity contribution is 0.0693. The van der Waals surface area contributed by atoms with Gasteiger partial charge in [-0.1, -0.05) is 32.9 Å². The van der Waals surface area contributed by atoms with Gasteiger partial charge >= 0.3 is 5.97 Å². The van der Waals surface area contributed by atoms with Crippen molar-refractivity contribution in [2.75, 3.05) is 0 Å². The van der Waals surface area contributed by atoms with Crippen molar-refractivity contribution in [1.82, 2.24) is 4.98 Å². The molecule has 1 aromatic carbocycles. The van der Waals surface area contributed by atoms with Crippen LogP contribution < -0.4 is 0 Å². The summed E-state index contributed by atoms with van der Waals surface area (Å²) in [6.07, 6.45) is 0. The fourth-order valence-electron chi connectivity index (χ4n) is 1.75. The highest BCUT2D eigenvalue weighted by atomic mass is 32.2. The van der Waals surface area contributed by atoms with E-state index < -0.39 is 16.8 Å². The molecule has 0 aliphatic rings. The number of nitrogens with zero attached hydrogens (tertiary/aromatic N) is 1. The van der Waals surface area contributed by atoms with Crippen LogP contribution in [0.1, 0.15) is 41.8 Å². The number of benzene rings is 1. The second-order valence-corrected chi connectivity index (χ2v) is 8.03. The lowest BCUT2D eigenvalue weighted by atomic mass is 9.93. The minimum Gasteiger partial charge on any atom is -0.478 e. The zero-order chi connectivity index (χ0) is 15.6. The maximum absolute atomic E-state index is 12.4. The Bertz CT molecular complexity index is 686. The molecule has 0 saturated carbocycles. The van der Waals surface area contributed by atoms with E-state index in [-0.39, 0.29) is 16.7 Å². The van der Waals surface area contributed by atoms with Crippen molar-refractivity contribution >= 4 is 28.1 Å². The summed E-state index contributed by atoms with van der Waals surface area (Å²) in [4.78, 5) is 16.0. The van der Waals surface area contributed by atoms with Gasteiger partial charge in [0.2, 0.25) is 0 Å². The molecular weight excluding hydrogens is 306 g/mol. The van der Waals surface area contributed by atoms with Crippen molar-refractivity contribution in [2.24, 2.45) is 0 Å². The summed E-state index contributed by atoms with van der Waals surface area (Å²) in [5, 5.41) is 11.9. The summed E-state index contributed by atoms with van der Waals surface area (Å²) >= 11 is 1.46. The van der Waals surface area contributed by atoms with Gasteiger partial charge in [-0.15, -0.1) is 11.3 Å². The molecule has 1 heterocycles. The molecule has 0 aliphatic carbocycles. The molecule has 6 heteroatoms. The van der Waals surface area contributed by atoms with Gasteiger partial charge in [-0.05, 0) is 12.1 Å². The number of aromatic nitrogens is 1. The first kappa shape index (κ1) is 15.9. The van der Waals surface area contributed by atoms with E-state index in [1.165, 1.54) is 17.4 Å². The molecule has 0 amide bonds. The Morgan fingerprint density at radius 2 is 2.00 bits per heavy atom. The predicted octanol–water partition coefficient (Wildman–Crippen LogP) is 3.45. The van der Waals surface area contributed by atoms with Crippen LogP contribution in [0.15, 0.2) is 34.5 Å². The Hall–Kier alpha value is -1.53. The van der Waals surface area contributed by atoms with Gasteiger partial charge in [0.25, 0.3) is 0 Å². The van der Waals surface area contributed by atoms with E-state index >= 15 is 0 Å². The van der Waals surface area contributed by atoms with Crippen molar-refractivity contribution in [2.45, 2.75) is 36.8 Å². The Morgan fingerprint density at radius 3 is 2.57 bits per heavy atom. The topological polar surface area (TPSA) is 67.3 Å². The molecule has 0 radical (unpaired) electrons. The third-order valence-corrected chi connectivity index (χ3v) is 5.35. The van der Waals surface area contributed by atoms with Crippen molar-refractivity contribution in [3.63, 3.8) is 0 Å². The Morgan fingerprint density at radius 1 is 1.33 bits per heavy atom. The van der Waals surface area contributed by atoms with Crippen LogP contribution in [0.25, 0.3) is 0 Å².